The van der Waals surface area contributed by atoms with Crippen LogP contribution in [0.1, 0.15) is 17.5 Å². The van der Waals surface area contributed by atoms with Gasteiger partial charge in [-0.25, -0.2) is 4.39 Å². The van der Waals surface area contributed by atoms with E-state index in [-0.39, 0.29) is 23.8 Å². The number of halogens is 1. The first-order valence-electron chi connectivity index (χ1n) is 8.10. The summed E-state index contributed by atoms with van der Waals surface area (Å²) in [5, 5.41) is 14.9. The third-order valence-corrected chi connectivity index (χ3v) is 4.54. The van der Waals surface area contributed by atoms with Crippen molar-refractivity contribution in [3.8, 4) is 0 Å². The van der Waals surface area contributed by atoms with Gasteiger partial charge in [0.2, 0.25) is 6.10 Å². The van der Waals surface area contributed by atoms with Gasteiger partial charge in [0.1, 0.15) is 5.82 Å². The third-order valence-electron chi connectivity index (χ3n) is 4.54. The number of oxime groups is 1. The average Bonchev–Trinajstić information content (AvgIpc) is 3.28. The number of hydrogen-bond acceptors (Lipinski definition) is 5. The maximum atomic E-state index is 13.4. The number of nitrogens with zero attached hydrogens (tertiary/aromatic N) is 3. The number of carbonyl (C=O) groups excluding carboxylic acids is 1. The van der Waals surface area contributed by atoms with Crippen molar-refractivity contribution < 1.29 is 18.9 Å². The molecule has 0 saturated carbocycles. The molecule has 0 radical (unpaired) electrons. The monoisotopic (exact) mass is 355 g/mol. The number of anilines is 1. The minimum Gasteiger partial charge on any atom is -0.382 e. The van der Waals surface area contributed by atoms with Gasteiger partial charge in [0.25, 0.3) is 11.6 Å². The van der Waals surface area contributed by atoms with Crippen LogP contribution in [-0.4, -0.2) is 29.2 Å². The fraction of sp³-hybridized carbons (Fsp3) is 0.222. The summed E-state index contributed by atoms with van der Waals surface area (Å²) >= 11 is 0. The highest BCUT2D eigenvalue weighted by molar-refractivity contribution is 6.07. The second kappa shape index (κ2) is 6.21. The van der Waals surface area contributed by atoms with Gasteiger partial charge in [-0.05, 0) is 24.1 Å². The predicted molar refractivity (Wildman–Crippen MR) is 91.6 cm³/mol. The zero-order valence-corrected chi connectivity index (χ0v) is 13.6. The number of fused-ring (bicyclic) bond motifs is 1. The molecule has 8 heteroatoms. The number of nitro benzene ring substituents is 1. The average molecular weight is 355 g/mol. The minimum absolute atomic E-state index is 0.0625. The van der Waals surface area contributed by atoms with Crippen LogP contribution in [0.2, 0.25) is 0 Å². The first-order valence-corrected chi connectivity index (χ1v) is 8.10. The number of benzene rings is 2. The normalized spacial score (nSPS) is 18.3. The lowest BCUT2D eigenvalue weighted by Crippen LogP contribution is -2.38. The lowest BCUT2D eigenvalue weighted by atomic mass is 10.0. The summed E-state index contributed by atoms with van der Waals surface area (Å²) in [4.78, 5) is 30.1. The van der Waals surface area contributed by atoms with E-state index >= 15 is 0 Å². The molecule has 0 unspecified atom stereocenters. The van der Waals surface area contributed by atoms with Gasteiger partial charge in [-0.1, -0.05) is 23.4 Å². The van der Waals surface area contributed by atoms with Crippen LogP contribution in [0, 0.1) is 15.9 Å². The van der Waals surface area contributed by atoms with Crippen LogP contribution in [0.15, 0.2) is 47.6 Å². The predicted octanol–water partition coefficient (Wildman–Crippen LogP) is 2.82. The van der Waals surface area contributed by atoms with Crippen LogP contribution < -0.4 is 4.90 Å². The number of carbonyl (C=O) groups is 1. The topological polar surface area (TPSA) is 85.0 Å². The fourth-order valence-corrected chi connectivity index (χ4v) is 3.23. The van der Waals surface area contributed by atoms with Crippen molar-refractivity contribution in [3.63, 3.8) is 0 Å². The molecule has 1 atom stereocenters. The number of amides is 1. The Hall–Kier alpha value is -3.29. The van der Waals surface area contributed by atoms with Gasteiger partial charge < -0.3 is 9.74 Å². The Morgan fingerprint density at radius 2 is 2.15 bits per heavy atom. The quantitative estimate of drug-likeness (QED) is 0.626. The molecule has 0 aliphatic carbocycles. The van der Waals surface area contributed by atoms with Gasteiger partial charge in [0.15, 0.2) is 0 Å². The molecule has 2 aliphatic heterocycles. The summed E-state index contributed by atoms with van der Waals surface area (Å²) in [6.45, 7) is 0.435. The van der Waals surface area contributed by atoms with Crippen LogP contribution in [0.25, 0.3) is 0 Å². The Kier molecular flexibility index (Phi) is 3.87. The van der Waals surface area contributed by atoms with E-state index in [9.17, 15) is 19.3 Å². The molecule has 2 aliphatic rings. The largest absolute Gasteiger partial charge is 0.382 e. The van der Waals surface area contributed by atoms with E-state index in [0.717, 1.165) is 5.56 Å². The highest BCUT2D eigenvalue weighted by atomic mass is 19.1. The summed E-state index contributed by atoms with van der Waals surface area (Å²) in [6, 6.07) is 10.4. The molecule has 0 fully saturated rings. The van der Waals surface area contributed by atoms with Gasteiger partial charge in [-0.3, -0.25) is 14.9 Å². The first-order chi connectivity index (χ1) is 12.5. The first kappa shape index (κ1) is 16.2. The van der Waals surface area contributed by atoms with Gasteiger partial charge in [-0.15, -0.1) is 0 Å². The summed E-state index contributed by atoms with van der Waals surface area (Å²) in [5.74, 6) is -0.694. The van der Waals surface area contributed by atoms with Crippen LogP contribution in [0.3, 0.4) is 0 Å². The van der Waals surface area contributed by atoms with Crippen molar-refractivity contribution in [2.45, 2.75) is 18.9 Å². The zero-order chi connectivity index (χ0) is 18.3. The molecular weight excluding hydrogens is 341 g/mol. The van der Waals surface area contributed by atoms with Gasteiger partial charge >= 0.3 is 0 Å². The van der Waals surface area contributed by atoms with Crippen molar-refractivity contribution in [1.82, 2.24) is 0 Å². The third kappa shape index (κ3) is 2.79. The van der Waals surface area contributed by atoms with E-state index in [1.54, 1.807) is 18.2 Å². The lowest BCUT2D eigenvalue weighted by molar-refractivity contribution is -0.384. The lowest BCUT2D eigenvalue weighted by Gasteiger charge is -2.19. The Labute approximate surface area is 147 Å². The van der Waals surface area contributed by atoms with Gasteiger partial charge in [0, 0.05) is 30.7 Å². The van der Waals surface area contributed by atoms with E-state index in [1.165, 1.54) is 29.2 Å². The number of nitro groups is 1. The van der Waals surface area contributed by atoms with Crippen molar-refractivity contribution >= 4 is 23.0 Å². The fourth-order valence-electron chi connectivity index (χ4n) is 3.23. The van der Waals surface area contributed by atoms with Gasteiger partial charge in [-0.2, -0.15) is 0 Å². The van der Waals surface area contributed by atoms with E-state index in [1.807, 2.05) is 0 Å². The molecule has 0 bridgehead atoms. The van der Waals surface area contributed by atoms with E-state index in [2.05, 4.69) is 5.16 Å². The molecule has 132 valence electrons. The second-order valence-electron chi connectivity index (χ2n) is 6.16. The van der Waals surface area contributed by atoms with Crippen LogP contribution in [0.4, 0.5) is 15.8 Å². The molecule has 0 N–H and O–H groups in total. The maximum absolute atomic E-state index is 13.4. The molecule has 4 rings (SSSR count). The minimum atomic E-state index is -0.821. The molecular formula is C18H14FN3O4. The van der Waals surface area contributed by atoms with Crippen LogP contribution in [0.5, 0.6) is 0 Å². The molecule has 0 saturated heterocycles. The number of hydrogen-bond donors (Lipinski definition) is 0. The number of non-ortho nitro benzene ring substituents is 1. The van der Waals surface area contributed by atoms with Gasteiger partial charge in [0.05, 0.1) is 16.3 Å². The summed E-state index contributed by atoms with van der Waals surface area (Å²) < 4.78 is 13.4. The van der Waals surface area contributed by atoms with E-state index in [0.29, 0.717) is 29.9 Å². The Morgan fingerprint density at radius 3 is 2.92 bits per heavy atom. The van der Waals surface area contributed by atoms with E-state index < -0.39 is 11.0 Å². The van der Waals surface area contributed by atoms with Crippen molar-refractivity contribution in [3.05, 3.63) is 69.5 Å². The molecule has 2 aromatic carbocycles. The SMILES string of the molecule is O=C([C@H]1CC(c2cccc(F)c2)=NO1)N1CCc2ccc([N+](=O)[O-])cc21. The second-order valence-corrected chi connectivity index (χ2v) is 6.16. The van der Waals surface area contributed by atoms with Crippen LogP contribution >= 0.6 is 0 Å². The van der Waals surface area contributed by atoms with Crippen molar-refractivity contribution in [2.75, 3.05) is 11.4 Å². The maximum Gasteiger partial charge on any atom is 0.271 e. The molecule has 2 heterocycles. The summed E-state index contributed by atoms with van der Waals surface area (Å²) in [5.41, 5.74) is 2.42. The van der Waals surface area contributed by atoms with E-state index in [4.69, 9.17) is 4.84 Å². The molecule has 0 spiro atoms. The van der Waals surface area contributed by atoms with Crippen molar-refractivity contribution in [2.24, 2.45) is 5.16 Å². The summed E-state index contributed by atoms with van der Waals surface area (Å²) in [7, 11) is 0. The molecule has 2 aromatic rings. The summed E-state index contributed by atoms with van der Waals surface area (Å²) in [6.07, 6.45) is 0.0328. The highest BCUT2D eigenvalue weighted by Crippen LogP contribution is 2.33. The Balaban J connectivity index is 1.53. The molecule has 26 heavy (non-hydrogen) atoms. The number of rotatable bonds is 3. The van der Waals surface area contributed by atoms with Crippen LogP contribution in [-0.2, 0) is 16.1 Å². The zero-order valence-electron chi connectivity index (χ0n) is 13.6. The van der Waals surface area contributed by atoms with Crippen molar-refractivity contribution in [1.29, 1.82) is 0 Å². The smallest absolute Gasteiger partial charge is 0.271 e. The Bertz CT molecular complexity index is 944. The standard InChI is InChI=1S/C18H14FN3O4/c19-13-3-1-2-12(8-13)15-10-17(26-20-15)18(23)21-7-6-11-4-5-14(22(24)25)9-16(11)21/h1-5,8-9,17H,6-7,10H2/t17-/m1/s1. The molecule has 7 nitrogen and oxygen atoms in total. The molecule has 1 amide bonds. The molecule has 0 aromatic heterocycles. The Morgan fingerprint density at radius 1 is 1.31 bits per heavy atom. The highest BCUT2D eigenvalue weighted by Gasteiger charge is 2.36.